The van der Waals surface area contributed by atoms with Gasteiger partial charge in [-0.15, -0.1) is 6.58 Å². The van der Waals surface area contributed by atoms with Crippen LogP contribution >= 0.6 is 0 Å². The molecule has 0 fully saturated rings. The first-order valence-corrected chi connectivity index (χ1v) is 4.63. The van der Waals surface area contributed by atoms with Crippen molar-refractivity contribution < 1.29 is 0 Å². The van der Waals surface area contributed by atoms with E-state index in [1.54, 1.807) is 0 Å². The molecule has 0 aliphatic rings. The van der Waals surface area contributed by atoms with Crippen molar-refractivity contribution in [2.45, 2.75) is 39.7 Å². The SMILES string of the molecule is C=CC(CC=C(C)C)[C@@H](N)CC. The van der Waals surface area contributed by atoms with Gasteiger partial charge in [-0.05, 0) is 32.6 Å². The summed E-state index contributed by atoms with van der Waals surface area (Å²) >= 11 is 0. The van der Waals surface area contributed by atoms with Gasteiger partial charge < -0.3 is 5.73 Å². The molecule has 0 saturated heterocycles. The van der Waals surface area contributed by atoms with Crippen LogP contribution in [0.15, 0.2) is 24.3 Å². The van der Waals surface area contributed by atoms with Crippen LogP contribution in [-0.4, -0.2) is 6.04 Å². The number of nitrogens with two attached hydrogens (primary N) is 1. The summed E-state index contributed by atoms with van der Waals surface area (Å²) in [6.45, 7) is 10.1. The minimum absolute atomic E-state index is 0.262. The lowest BCUT2D eigenvalue weighted by molar-refractivity contribution is 0.493. The van der Waals surface area contributed by atoms with Crippen LogP contribution in [0.3, 0.4) is 0 Å². The molecule has 0 aliphatic carbocycles. The topological polar surface area (TPSA) is 26.0 Å². The molecule has 0 aromatic rings. The predicted molar refractivity (Wildman–Crippen MR) is 56.0 cm³/mol. The van der Waals surface area contributed by atoms with Crippen molar-refractivity contribution in [2.75, 3.05) is 0 Å². The summed E-state index contributed by atoms with van der Waals surface area (Å²) < 4.78 is 0. The second kappa shape index (κ2) is 6.01. The predicted octanol–water partition coefficient (Wildman–Crippen LogP) is 2.88. The smallest absolute Gasteiger partial charge is 0.0102 e. The Morgan fingerprint density at radius 2 is 2.08 bits per heavy atom. The van der Waals surface area contributed by atoms with E-state index in [-0.39, 0.29) is 6.04 Å². The maximum atomic E-state index is 5.91. The third-order valence-corrected chi connectivity index (χ3v) is 2.12. The van der Waals surface area contributed by atoms with E-state index in [1.807, 2.05) is 6.08 Å². The molecule has 2 N–H and O–H groups in total. The average Bonchev–Trinajstić information content (AvgIpc) is 2.04. The van der Waals surface area contributed by atoms with Gasteiger partial charge in [-0.1, -0.05) is 24.6 Å². The van der Waals surface area contributed by atoms with Crippen LogP contribution in [0.1, 0.15) is 33.6 Å². The highest BCUT2D eigenvalue weighted by Gasteiger charge is 2.10. The molecular formula is C11H21N. The first-order chi connectivity index (χ1) is 5.61. The van der Waals surface area contributed by atoms with Crippen molar-refractivity contribution in [1.82, 2.24) is 0 Å². The molecule has 0 bridgehead atoms. The van der Waals surface area contributed by atoms with Crippen LogP contribution in [0.4, 0.5) is 0 Å². The molecule has 0 aromatic carbocycles. The van der Waals surface area contributed by atoms with E-state index in [0.717, 1.165) is 12.8 Å². The van der Waals surface area contributed by atoms with Crippen LogP contribution in [0, 0.1) is 5.92 Å². The molecular weight excluding hydrogens is 146 g/mol. The maximum Gasteiger partial charge on any atom is 0.0102 e. The van der Waals surface area contributed by atoms with Gasteiger partial charge in [0.2, 0.25) is 0 Å². The van der Waals surface area contributed by atoms with E-state index in [0.29, 0.717) is 5.92 Å². The van der Waals surface area contributed by atoms with E-state index in [1.165, 1.54) is 5.57 Å². The fraction of sp³-hybridized carbons (Fsp3) is 0.636. The Bertz CT molecular complexity index is 154. The fourth-order valence-corrected chi connectivity index (χ4v) is 1.12. The summed E-state index contributed by atoms with van der Waals surface area (Å²) in [6.07, 6.45) is 6.24. The van der Waals surface area contributed by atoms with Crippen molar-refractivity contribution in [3.63, 3.8) is 0 Å². The Morgan fingerprint density at radius 3 is 2.42 bits per heavy atom. The molecule has 0 saturated carbocycles. The van der Waals surface area contributed by atoms with Gasteiger partial charge in [-0.2, -0.15) is 0 Å². The van der Waals surface area contributed by atoms with Gasteiger partial charge in [0.15, 0.2) is 0 Å². The molecule has 0 amide bonds. The third kappa shape index (κ3) is 4.35. The molecule has 0 heterocycles. The largest absolute Gasteiger partial charge is 0.327 e. The van der Waals surface area contributed by atoms with E-state index in [4.69, 9.17) is 5.73 Å². The van der Waals surface area contributed by atoms with Crippen molar-refractivity contribution in [3.05, 3.63) is 24.3 Å². The highest BCUT2D eigenvalue weighted by molar-refractivity contribution is 4.99. The summed E-state index contributed by atoms with van der Waals surface area (Å²) in [7, 11) is 0. The Hall–Kier alpha value is -0.560. The molecule has 0 rings (SSSR count). The molecule has 1 heteroatoms. The lowest BCUT2D eigenvalue weighted by atomic mass is 9.94. The normalized spacial score (nSPS) is 15.0. The molecule has 0 radical (unpaired) electrons. The highest BCUT2D eigenvalue weighted by atomic mass is 14.6. The van der Waals surface area contributed by atoms with E-state index in [2.05, 4.69) is 33.4 Å². The number of hydrogen-bond donors (Lipinski definition) is 1. The molecule has 0 aliphatic heterocycles. The Morgan fingerprint density at radius 1 is 1.50 bits per heavy atom. The molecule has 70 valence electrons. The summed E-state index contributed by atoms with van der Waals surface area (Å²) in [5.41, 5.74) is 7.27. The van der Waals surface area contributed by atoms with Crippen LogP contribution in [0.5, 0.6) is 0 Å². The molecule has 12 heavy (non-hydrogen) atoms. The second-order valence-corrected chi connectivity index (χ2v) is 3.49. The van der Waals surface area contributed by atoms with Crippen molar-refractivity contribution in [3.8, 4) is 0 Å². The summed E-state index contributed by atoms with van der Waals surface area (Å²) in [5.74, 6) is 0.435. The van der Waals surface area contributed by atoms with E-state index >= 15 is 0 Å². The summed E-state index contributed by atoms with van der Waals surface area (Å²) in [4.78, 5) is 0. The van der Waals surface area contributed by atoms with Gasteiger partial charge in [-0.3, -0.25) is 0 Å². The van der Waals surface area contributed by atoms with E-state index < -0.39 is 0 Å². The Balaban J connectivity index is 3.99. The fourth-order valence-electron chi connectivity index (χ4n) is 1.12. The van der Waals surface area contributed by atoms with Crippen LogP contribution in [0.25, 0.3) is 0 Å². The number of hydrogen-bond acceptors (Lipinski definition) is 1. The Labute approximate surface area is 76.3 Å². The van der Waals surface area contributed by atoms with E-state index in [9.17, 15) is 0 Å². The molecule has 1 unspecified atom stereocenters. The van der Waals surface area contributed by atoms with Crippen LogP contribution in [-0.2, 0) is 0 Å². The Kier molecular flexibility index (Phi) is 5.73. The quantitative estimate of drug-likeness (QED) is 0.626. The summed E-state index contributed by atoms with van der Waals surface area (Å²) in [6, 6.07) is 0.262. The van der Waals surface area contributed by atoms with Gasteiger partial charge in [0.05, 0.1) is 0 Å². The van der Waals surface area contributed by atoms with Crippen LogP contribution < -0.4 is 5.73 Å². The average molecular weight is 167 g/mol. The van der Waals surface area contributed by atoms with Crippen molar-refractivity contribution in [2.24, 2.45) is 11.7 Å². The standard InChI is InChI=1S/C11H21N/c1-5-10(11(12)6-2)8-7-9(3)4/h5,7,10-11H,1,6,8,12H2,2-4H3/t10?,11-/m0/s1. The minimum atomic E-state index is 0.262. The van der Waals surface area contributed by atoms with Gasteiger partial charge in [0.25, 0.3) is 0 Å². The first kappa shape index (κ1) is 11.4. The van der Waals surface area contributed by atoms with Gasteiger partial charge in [0.1, 0.15) is 0 Å². The molecule has 2 atom stereocenters. The van der Waals surface area contributed by atoms with Crippen molar-refractivity contribution >= 4 is 0 Å². The maximum absolute atomic E-state index is 5.91. The first-order valence-electron chi connectivity index (χ1n) is 4.63. The molecule has 1 nitrogen and oxygen atoms in total. The van der Waals surface area contributed by atoms with Gasteiger partial charge in [-0.25, -0.2) is 0 Å². The van der Waals surface area contributed by atoms with Crippen molar-refractivity contribution in [1.29, 1.82) is 0 Å². The molecule has 0 aromatic heterocycles. The zero-order valence-electron chi connectivity index (χ0n) is 8.51. The second-order valence-electron chi connectivity index (χ2n) is 3.49. The van der Waals surface area contributed by atoms with Gasteiger partial charge >= 0.3 is 0 Å². The third-order valence-electron chi connectivity index (χ3n) is 2.12. The zero-order valence-corrected chi connectivity index (χ0v) is 8.51. The summed E-state index contributed by atoms with van der Waals surface area (Å²) in [5, 5.41) is 0. The number of rotatable bonds is 5. The number of allylic oxidation sites excluding steroid dienone is 2. The monoisotopic (exact) mass is 167 g/mol. The molecule has 0 spiro atoms. The zero-order chi connectivity index (χ0) is 9.56. The van der Waals surface area contributed by atoms with Gasteiger partial charge in [0, 0.05) is 6.04 Å². The lowest BCUT2D eigenvalue weighted by Crippen LogP contribution is -2.27. The van der Waals surface area contributed by atoms with Crippen LogP contribution in [0.2, 0.25) is 0 Å². The lowest BCUT2D eigenvalue weighted by Gasteiger charge is -2.17. The highest BCUT2D eigenvalue weighted by Crippen LogP contribution is 2.13. The minimum Gasteiger partial charge on any atom is -0.327 e.